The van der Waals surface area contributed by atoms with E-state index in [1.165, 1.54) is 24.6 Å². The van der Waals surface area contributed by atoms with Gasteiger partial charge in [-0.1, -0.05) is 27.2 Å². The molecule has 0 amide bonds. The van der Waals surface area contributed by atoms with Gasteiger partial charge in [0.1, 0.15) is 11.6 Å². The molecule has 1 aromatic rings. The predicted octanol–water partition coefficient (Wildman–Crippen LogP) is 4.69. The molecule has 1 fully saturated rings. The fourth-order valence-corrected chi connectivity index (χ4v) is 3.40. The zero-order valence-electron chi connectivity index (χ0n) is 12.6. The molecule has 112 valence electrons. The van der Waals surface area contributed by atoms with Crippen molar-refractivity contribution in [2.24, 2.45) is 17.8 Å². The van der Waals surface area contributed by atoms with Crippen LogP contribution in [-0.4, -0.2) is 6.54 Å². The van der Waals surface area contributed by atoms with Gasteiger partial charge in [0.25, 0.3) is 0 Å². The molecule has 1 nitrogen and oxygen atoms in total. The summed E-state index contributed by atoms with van der Waals surface area (Å²) in [6.07, 6.45) is 3.33. The first kappa shape index (κ1) is 15.4. The maximum absolute atomic E-state index is 14.1. The molecule has 0 saturated heterocycles. The highest BCUT2D eigenvalue weighted by Gasteiger charge is 2.31. The Morgan fingerprint density at radius 3 is 2.60 bits per heavy atom. The molecule has 1 aliphatic carbocycles. The van der Waals surface area contributed by atoms with Gasteiger partial charge in [-0.05, 0) is 55.3 Å². The third-order valence-electron chi connectivity index (χ3n) is 4.83. The minimum absolute atomic E-state index is 0.0781. The van der Waals surface area contributed by atoms with E-state index in [1.807, 2.05) is 6.92 Å². The van der Waals surface area contributed by atoms with E-state index in [0.717, 1.165) is 25.3 Å². The summed E-state index contributed by atoms with van der Waals surface area (Å²) in [6, 6.07) is 3.70. The Kier molecular flexibility index (Phi) is 5.14. The zero-order chi connectivity index (χ0) is 14.7. The van der Waals surface area contributed by atoms with E-state index in [0.29, 0.717) is 17.4 Å². The molecule has 0 spiro atoms. The third-order valence-corrected chi connectivity index (χ3v) is 4.83. The zero-order valence-corrected chi connectivity index (χ0v) is 12.6. The Morgan fingerprint density at radius 2 is 1.95 bits per heavy atom. The Hall–Kier alpha value is -0.960. The average Bonchev–Trinajstić information content (AvgIpc) is 2.42. The maximum Gasteiger partial charge on any atom is 0.128 e. The second kappa shape index (κ2) is 6.66. The van der Waals surface area contributed by atoms with Crippen molar-refractivity contribution in [3.05, 3.63) is 35.4 Å². The topological polar surface area (TPSA) is 12.0 Å². The van der Waals surface area contributed by atoms with Gasteiger partial charge in [-0.15, -0.1) is 0 Å². The van der Waals surface area contributed by atoms with Crippen LogP contribution in [0.15, 0.2) is 18.2 Å². The summed E-state index contributed by atoms with van der Waals surface area (Å²) in [7, 11) is 0. The van der Waals surface area contributed by atoms with E-state index in [4.69, 9.17) is 0 Å². The molecule has 0 bridgehead atoms. The van der Waals surface area contributed by atoms with Gasteiger partial charge in [0, 0.05) is 11.6 Å². The molecular formula is C17H25F2N. The number of rotatable bonds is 4. The number of nitrogens with one attached hydrogen (secondary N) is 1. The molecule has 0 aliphatic heterocycles. The molecule has 4 unspecified atom stereocenters. The van der Waals surface area contributed by atoms with Gasteiger partial charge >= 0.3 is 0 Å². The van der Waals surface area contributed by atoms with Crippen molar-refractivity contribution >= 4 is 0 Å². The lowest BCUT2D eigenvalue weighted by molar-refractivity contribution is 0.170. The van der Waals surface area contributed by atoms with Crippen molar-refractivity contribution in [2.45, 2.75) is 46.1 Å². The van der Waals surface area contributed by atoms with Gasteiger partial charge in [0.2, 0.25) is 0 Å². The highest BCUT2D eigenvalue weighted by Crippen LogP contribution is 2.40. The Bertz CT molecular complexity index is 447. The maximum atomic E-state index is 14.1. The van der Waals surface area contributed by atoms with Gasteiger partial charge in [-0.3, -0.25) is 0 Å². The van der Waals surface area contributed by atoms with Crippen LogP contribution in [0, 0.1) is 29.4 Å². The summed E-state index contributed by atoms with van der Waals surface area (Å²) in [5.74, 6) is 1.10. The van der Waals surface area contributed by atoms with Crippen molar-refractivity contribution < 1.29 is 8.78 Å². The van der Waals surface area contributed by atoms with Crippen LogP contribution >= 0.6 is 0 Å². The quantitative estimate of drug-likeness (QED) is 0.844. The second-order valence-corrected chi connectivity index (χ2v) is 6.23. The SMILES string of the molecule is CCNC(c1cc(F)ccc1F)C1CCC(C)C(C)C1. The van der Waals surface area contributed by atoms with E-state index in [2.05, 4.69) is 19.2 Å². The molecule has 0 radical (unpaired) electrons. The fourth-order valence-electron chi connectivity index (χ4n) is 3.40. The highest BCUT2D eigenvalue weighted by molar-refractivity contribution is 5.23. The fraction of sp³-hybridized carbons (Fsp3) is 0.647. The van der Waals surface area contributed by atoms with Crippen LogP contribution in [0.4, 0.5) is 8.78 Å². The molecule has 1 aromatic carbocycles. The summed E-state index contributed by atoms with van der Waals surface area (Å²) in [5.41, 5.74) is 0.485. The van der Waals surface area contributed by atoms with Crippen molar-refractivity contribution in [1.82, 2.24) is 5.32 Å². The minimum atomic E-state index is -0.360. The molecule has 1 saturated carbocycles. The Labute approximate surface area is 120 Å². The molecule has 0 aromatic heterocycles. The molecule has 3 heteroatoms. The number of halogens is 2. The van der Waals surface area contributed by atoms with E-state index >= 15 is 0 Å². The normalized spacial score (nSPS) is 28.4. The van der Waals surface area contributed by atoms with Crippen LogP contribution in [0.1, 0.15) is 51.6 Å². The van der Waals surface area contributed by atoms with Crippen LogP contribution in [0.5, 0.6) is 0 Å². The molecule has 1 N–H and O–H groups in total. The van der Waals surface area contributed by atoms with Gasteiger partial charge in [-0.25, -0.2) is 8.78 Å². The van der Waals surface area contributed by atoms with E-state index in [9.17, 15) is 8.78 Å². The van der Waals surface area contributed by atoms with Crippen molar-refractivity contribution in [1.29, 1.82) is 0 Å². The monoisotopic (exact) mass is 281 g/mol. The van der Waals surface area contributed by atoms with Gasteiger partial charge in [0.05, 0.1) is 0 Å². The van der Waals surface area contributed by atoms with Gasteiger partial charge in [-0.2, -0.15) is 0 Å². The van der Waals surface area contributed by atoms with E-state index < -0.39 is 0 Å². The summed E-state index contributed by atoms with van der Waals surface area (Å²) >= 11 is 0. The van der Waals surface area contributed by atoms with E-state index in [1.54, 1.807) is 0 Å². The Morgan fingerprint density at radius 1 is 1.20 bits per heavy atom. The molecule has 2 rings (SSSR count). The van der Waals surface area contributed by atoms with Crippen LogP contribution in [0.25, 0.3) is 0 Å². The van der Waals surface area contributed by atoms with Crippen LogP contribution in [0.3, 0.4) is 0 Å². The second-order valence-electron chi connectivity index (χ2n) is 6.23. The molecule has 20 heavy (non-hydrogen) atoms. The summed E-state index contributed by atoms with van der Waals surface area (Å²) < 4.78 is 27.5. The lowest BCUT2D eigenvalue weighted by atomic mass is 9.72. The molecule has 4 atom stereocenters. The molecular weight excluding hydrogens is 256 g/mol. The third kappa shape index (κ3) is 3.38. The summed E-state index contributed by atoms with van der Waals surface area (Å²) in [4.78, 5) is 0. The molecule has 1 aliphatic rings. The van der Waals surface area contributed by atoms with Gasteiger partial charge < -0.3 is 5.32 Å². The Balaban J connectivity index is 2.24. The van der Waals surface area contributed by atoms with Gasteiger partial charge in [0.15, 0.2) is 0 Å². The van der Waals surface area contributed by atoms with Crippen LogP contribution in [-0.2, 0) is 0 Å². The first-order valence-corrected chi connectivity index (χ1v) is 7.71. The minimum Gasteiger partial charge on any atom is -0.310 e. The number of hydrogen-bond acceptors (Lipinski definition) is 1. The van der Waals surface area contributed by atoms with E-state index in [-0.39, 0.29) is 17.7 Å². The first-order chi connectivity index (χ1) is 9.52. The smallest absolute Gasteiger partial charge is 0.128 e. The average molecular weight is 281 g/mol. The first-order valence-electron chi connectivity index (χ1n) is 7.71. The van der Waals surface area contributed by atoms with Crippen molar-refractivity contribution in [2.75, 3.05) is 6.54 Å². The predicted molar refractivity (Wildman–Crippen MR) is 78.4 cm³/mol. The van der Waals surface area contributed by atoms with Crippen LogP contribution in [0.2, 0.25) is 0 Å². The highest BCUT2D eigenvalue weighted by atomic mass is 19.1. The largest absolute Gasteiger partial charge is 0.310 e. The summed E-state index contributed by atoms with van der Waals surface area (Å²) in [6.45, 7) is 7.33. The summed E-state index contributed by atoms with van der Waals surface area (Å²) in [5, 5.41) is 3.37. The lowest BCUT2D eigenvalue weighted by Gasteiger charge is -2.37. The lowest BCUT2D eigenvalue weighted by Crippen LogP contribution is -2.33. The van der Waals surface area contributed by atoms with Crippen LogP contribution < -0.4 is 5.32 Å². The van der Waals surface area contributed by atoms with Crippen molar-refractivity contribution in [3.63, 3.8) is 0 Å². The number of benzene rings is 1. The van der Waals surface area contributed by atoms with Crippen molar-refractivity contribution in [3.8, 4) is 0 Å². The standard InChI is InChI=1S/C17H25F2N/c1-4-20-17(13-6-5-11(2)12(3)9-13)15-10-14(18)7-8-16(15)19/h7-8,10-13,17,20H,4-6,9H2,1-3H3. The number of hydrogen-bond donors (Lipinski definition) is 1. The molecule has 0 heterocycles.